The average molecular weight is 310 g/mol. The van der Waals surface area contributed by atoms with Crippen molar-refractivity contribution in [2.75, 3.05) is 19.4 Å². The Bertz CT molecular complexity index is 465. The predicted molar refractivity (Wildman–Crippen MR) is 88.8 cm³/mol. The Morgan fingerprint density at radius 1 is 1.48 bits per heavy atom. The second kappa shape index (κ2) is 8.29. The first-order valence-corrected chi connectivity index (χ1v) is 8.15. The minimum atomic E-state index is -0.333. The van der Waals surface area contributed by atoms with E-state index >= 15 is 0 Å². The molecule has 21 heavy (non-hydrogen) atoms. The molecule has 5 heteroatoms. The molecule has 0 saturated carbocycles. The van der Waals surface area contributed by atoms with Gasteiger partial charge in [-0.25, -0.2) is 0 Å². The van der Waals surface area contributed by atoms with Crippen LogP contribution in [-0.4, -0.2) is 30.9 Å². The maximum atomic E-state index is 12.1. The van der Waals surface area contributed by atoms with Crippen molar-refractivity contribution < 1.29 is 9.53 Å². The predicted octanol–water partition coefficient (Wildman–Crippen LogP) is 2.67. The molecular weight excluding hydrogens is 284 g/mol. The number of carbonyl (C=O) groups is 1. The highest BCUT2D eigenvalue weighted by Gasteiger charge is 2.25. The molecule has 0 aliphatic carbocycles. The van der Waals surface area contributed by atoms with Gasteiger partial charge in [-0.05, 0) is 37.5 Å². The van der Waals surface area contributed by atoms with Crippen molar-refractivity contribution in [2.45, 2.75) is 37.6 Å². The number of ether oxygens (including phenoxy) is 1. The number of thioether (sulfide) groups is 1. The fourth-order valence-electron chi connectivity index (χ4n) is 2.30. The van der Waals surface area contributed by atoms with Crippen molar-refractivity contribution in [1.29, 1.82) is 0 Å². The van der Waals surface area contributed by atoms with Gasteiger partial charge in [0.05, 0.1) is 12.9 Å². The first kappa shape index (κ1) is 17.9. The number of methoxy groups -OCH3 is 1. The van der Waals surface area contributed by atoms with Crippen LogP contribution in [0.15, 0.2) is 29.2 Å². The molecule has 1 atom stereocenters. The Hall–Kier alpha value is -1.20. The summed E-state index contributed by atoms with van der Waals surface area (Å²) in [7, 11) is 1.63. The van der Waals surface area contributed by atoms with Crippen molar-refractivity contribution in [2.24, 2.45) is 11.7 Å². The second-order valence-electron chi connectivity index (χ2n) is 5.88. The minimum Gasteiger partial charge on any atom is -0.497 e. The van der Waals surface area contributed by atoms with Crippen molar-refractivity contribution in [1.82, 2.24) is 5.32 Å². The highest BCUT2D eigenvalue weighted by Crippen LogP contribution is 2.23. The number of rotatable bonds is 8. The number of nitrogens with one attached hydrogen (secondary N) is 1. The molecule has 3 N–H and O–H groups in total. The average Bonchev–Trinajstić information content (AvgIpc) is 2.44. The molecule has 0 heterocycles. The van der Waals surface area contributed by atoms with Crippen LogP contribution in [0.4, 0.5) is 0 Å². The molecule has 1 aromatic carbocycles. The summed E-state index contributed by atoms with van der Waals surface area (Å²) in [4.78, 5) is 13.1. The largest absolute Gasteiger partial charge is 0.497 e. The van der Waals surface area contributed by atoms with Gasteiger partial charge in [0.2, 0.25) is 5.91 Å². The molecule has 1 aromatic rings. The molecule has 1 unspecified atom stereocenters. The molecule has 0 fully saturated rings. The van der Waals surface area contributed by atoms with Gasteiger partial charge in [-0.15, -0.1) is 11.8 Å². The lowest BCUT2D eigenvalue weighted by molar-refractivity contribution is -0.120. The zero-order chi connectivity index (χ0) is 15.9. The maximum absolute atomic E-state index is 12.1. The number of hydrogen-bond donors (Lipinski definition) is 2. The van der Waals surface area contributed by atoms with Crippen LogP contribution in [-0.2, 0) is 4.79 Å². The third kappa shape index (κ3) is 6.40. The zero-order valence-electron chi connectivity index (χ0n) is 13.3. The summed E-state index contributed by atoms with van der Waals surface area (Å²) >= 11 is 1.50. The third-order valence-corrected chi connectivity index (χ3v) is 4.16. The first-order valence-electron chi connectivity index (χ1n) is 7.16. The van der Waals surface area contributed by atoms with Gasteiger partial charge in [-0.2, -0.15) is 0 Å². The van der Waals surface area contributed by atoms with Crippen molar-refractivity contribution in [3.8, 4) is 5.75 Å². The Labute approximate surface area is 131 Å². The number of carbonyl (C=O) groups excluding carboxylic acids is 1. The van der Waals surface area contributed by atoms with Gasteiger partial charge in [0, 0.05) is 17.0 Å². The number of benzene rings is 1. The molecule has 0 saturated heterocycles. The fraction of sp³-hybridized carbons (Fsp3) is 0.562. The molecule has 118 valence electrons. The van der Waals surface area contributed by atoms with E-state index in [2.05, 4.69) is 19.2 Å². The topological polar surface area (TPSA) is 64.3 Å². The lowest BCUT2D eigenvalue weighted by Crippen LogP contribution is -2.52. The molecule has 0 bridgehead atoms. The molecule has 0 aliphatic heterocycles. The summed E-state index contributed by atoms with van der Waals surface area (Å²) in [6, 6.07) is 7.70. The van der Waals surface area contributed by atoms with Gasteiger partial charge in [0.1, 0.15) is 5.75 Å². The standard InChI is InChI=1S/C16H26N2O2S/c1-12(2)9-16(3,11-17)18-15(19)10-21-14-7-5-6-13(8-14)20-4/h5-8,12H,9-11,17H2,1-4H3,(H,18,19). The van der Waals surface area contributed by atoms with Crippen molar-refractivity contribution in [3.05, 3.63) is 24.3 Å². The SMILES string of the molecule is COc1cccc(SCC(=O)NC(C)(CN)CC(C)C)c1. The lowest BCUT2D eigenvalue weighted by atomic mass is 9.91. The Kier molecular flexibility index (Phi) is 7.05. The summed E-state index contributed by atoms with van der Waals surface area (Å²) in [5, 5.41) is 3.06. The second-order valence-corrected chi connectivity index (χ2v) is 6.93. The number of hydrogen-bond acceptors (Lipinski definition) is 4. The van der Waals surface area contributed by atoms with E-state index in [1.807, 2.05) is 31.2 Å². The van der Waals surface area contributed by atoms with Crippen molar-refractivity contribution in [3.63, 3.8) is 0 Å². The molecule has 0 radical (unpaired) electrons. The fourth-order valence-corrected chi connectivity index (χ4v) is 3.04. The van der Waals surface area contributed by atoms with Crippen LogP contribution in [0.5, 0.6) is 5.75 Å². The van der Waals surface area contributed by atoms with Gasteiger partial charge < -0.3 is 15.8 Å². The van der Waals surface area contributed by atoms with Gasteiger partial charge in [0.15, 0.2) is 0 Å². The van der Waals surface area contributed by atoms with Gasteiger partial charge in [-0.3, -0.25) is 4.79 Å². The zero-order valence-corrected chi connectivity index (χ0v) is 14.1. The lowest BCUT2D eigenvalue weighted by Gasteiger charge is -2.31. The first-order chi connectivity index (χ1) is 9.88. The van der Waals surface area contributed by atoms with Crippen LogP contribution < -0.4 is 15.8 Å². The van der Waals surface area contributed by atoms with Crippen LogP contribution in [0.25, 0.3) is 0 Å². The highest BCUT2D eigenvalue weighted by atomic mass is 32.2. The van der Waals surface area contributed by atoms with Crippen molar-refractivity contribution >= 4 is 17.7 Å². The Balaban J connectivity index is 2.52. The van der Waals surface area contributed by atoms with E-state index in [1.165, 1.54) is 11.8 Å². The molecule has 4 nitrogen and oxygen atoms in total. The third-order valence-electron chi connectivity index (χ3n) is 3.16. The summed E-state index contributed by atoms with van der Waals surface area (Å²) in [5.74, 6) is 1.68. The van der Waals surface area contributed by atoms with Gasteiger partial charge in [-0.1, -0.05) is 19.9 Å². The van der Waals surface area contributed by atoms with Crippen LogP contribution in [0, 0.1) is 5.92 Å². The van der Waals surface area contributed by atoms with Crippen LogP contribution in [0.1, 0.15) is 27.2 Å². The summed E-state index contributed by atoms with van der Waals surface area (Å²) in [6.07, 6.45) is 0.874. The van der Waals surface area contributed by atoms with E-state index in [0.29, 0.717) is 18.2 Å². The minimum absolute atomic E-state index is 0.0106. The van der Waals surface area contributed by atoms with Crippen LogP contribution in [0.2, 0.25) is 0 Å². The smallest absolute Gasteiger partial charge is 0.230 e. The van der Waals surface area contributed by atoms with E-state index in [-0.39, 0.29) is 11.4 Å². The van der Waals surface area contributed by atoms with Gasteiger partial charge in [0.25, 0.3) is 0 Å². The molecule has 1 rings (SSSR count). The van der Waals surface area contributed by atoms with E-state index in [0.717, 1.165) is 17.1 Å². The monoisotopic (exact) mass is 310 g/mol. The molecule has 1 amide bonds. The highest BCUT2D eigenvalue weighted by molar-refractivity contribution is 8.00. The summed E-state index contributed by atoms with van der Waals surface area (Å²) in [6.45, 7) is 6.71. The maximum Gasteiger partial charge on any atom is 0.230 e. The van der Waals surface area contributed by atoms with E-state index in [4.69, 9.17) is 10.5 Å². The number of amides is 1. The summed E-state index contributed by atoms with van der Waals surface area (Å²) < 4.78 is 5.17. The summed E-state index contributed by atoms with van der Waals surface area (Å²) in [5.41, 5.74) is 5.48. The normalized spacial score (nSPS) is 13.8. The van der Waals surface area contributed by atoms with E-state index in [1.54, 1.807) is 7.11 Å². The quantitative estimate of drug-likeness (QED) is 0.725. The van der Waals surface area contributed by atoms with Gasteiger partial charge >= 0.3 is 0 Å². The molecule has 0 spiro atoms. The van der Waals surface area contributed by atoms with Crippen LogP contribution >= 0.6 is 11.8 Å². The molecular formula is C16H26N2O2S. The Morgan fingerprint density at radius 3 is 2.76 bits per heavy atom. The van der Waals surface area contributed by atoms with E-state index in [9.17, 15) is 4.79 Å². The Morgan fingerprint density at radius 2 is 2.19 bits per heavy atom. The van der Waals surface area contributed by atoms with E-state index < -0.39 is 0 Å². The van der Waals surface area contributed by atoms with Crippen LogP contribution in [0.3, 0.4) is 0 Å². The molecule has 0 aromatic heterocycles. The molecule has 0 aliphatic rings. The number of nitrogens with two attached hydrogens (primary N) is 1.